The summed E-state index contributed by atoms with van der Waals surface area (Å²) in [7, 11) is -2.15. The fourth-order valence-electron chi connectivity index (χ4n) is 2.15. The number of anilines is 1. The fourth-order valence-corrected chi connectivity index (χ4v) is 2.88. The van der Waals surface area contributed by atoms with E-state index in [2.05, 4.69) is 14.8 Å². The van der Waals surface area contributed by atoms with Crippen molar-refractivity contribution >= 4 is 21.6 Å². The van der Waals surface area contributed by atoms with Crippen molar-refractivity contribution in [2.45, 2.75) is 24.3 Å². The van der Waals surface area contributed by atoms with Crippen LogP contribution in [0, 0.1) is 0 Å². The number of hydrogen-bond acceptors (Lipinski definition) is 4. The number of rotatable bonds is 8. The largest absolute Gasteiger partial charge is 0.435 e. The molecule has 1 amide bonds. The quantitative estimate of drug-likeness (QED) is 0.733. The number of nitrogens with one attached hydrogen (secondary N) is 2. The molecule has 140 valence electrons. The third-order valence-electron chi connectivity index (χ3n) is 3.51. The van der Waals surface area contributed by atoms with Gasteiger partial charge in [-0.15, -0.1) is 0 Å². The Balaban J connectivity index is 1.87. The van der Waals surface area contributed by atoms with Crippen LogP contribution in [-0.4, -0.2) is 28.0 Å². The number of hydrogen-bond donors (Lipinski definition) is 2. The van der Waals surface area contributed by atoms with Crippen LogP contribution in [0.1, 0.15) is 12.0 Å². The fraction of sp³-hybridized carbons (Fsp3) is 0.235. The molecule has 0 aliphatic carbocycles. The maximum atomic E-state index is 12.1. The van der Waals surface area contributed by atoms with Crippen LogP contribution < -0.4 is 14.8 Å². The zero-order valence-corrected chi connectivity index (χ0v) is 14.7. The Labute approximate surface area is 150 Å². The Kier molecular flexibility index (Phi) is 6.64. The molecule has 0 bridgehead atoms. The Morgan fingerprint density at radius 3 is 2.23 bits per heavy atom. The number of halogens is 2. The number of amides is 1. The van der Waals surface area contributed by atoms with Gasteiger partial charge in [-0.25, -0.2) is 13.1 Å². The lowest BCUT2D eigenvalue weighted by Gasteiger charge is -2.08. The monoisotopic (exact) mass is 384 g/mol. The minimum atomic E-state index is -3.48. The van der Waals surface area contributed by atoms with Gasteiger partial charge in [0, 0.05) is 12.1 Å². The number of benzene rings is 2. The summed E-state index contributed by atoms with van der Waals surface area (Å²) in [6, 6.07) is 11.8. The van der Waals surface area contributed by atoms with E-state index in [4.69, 9.17) is 0 Å². The van der Waals surface area contributed by atoms with E-state index in [1.807, 2.05) is 0 Å². The molecular formula is C17H18F2N2O4S. The Morgan fingerprint density at radius 2 is 1.69 bits per heavy atom. The maximum absolute atomic E-state index is 12.1. The minimum Gasteiger partial charge on any atom is -0.435 e. The lowest BCUT2D eigenvalue weighted by molar-refractivity contribution is -0.116. The van der Waals surface area contributed by atoms with Crippen molar-refractivity contribution in [2.75, 3.05) is 12.4 Å². The van der Waals surface area contributed by atoms with E-state index in [9.17, 15) is 22.0 Å². The van der Waals surface area contributed by atoms with Crippen molar-refractivity contribution in [1.82, 2.24) is 4.72 Å². The number of carbonyl (C=O) groups is 1. The van der Waals surface area contributed by atoms with Gasteiger partial charge in [0.2, 0.25) is 15.9 Å². The summed E-state index contributed by atoms with van der Waals surface area (Å²) in [5.74, 6) is -0.242. The van der Waals surface area contributed by atoms with Crippen LogP contribution >= 0.6 is 0 Å². The summed E-state index contributed by atoms with van der Waals surface area (Å²) in [6.45, 7) is -2.90. The molecule has 0 aliphatic rings. The van der Waals surface area contributed by atoms with Gasteiger partial charge in [-0.2, -0.15) is 8.78 Å². The van der Waals surface area contributed by atoms with E-state index >= 15 is 0 Å². The van der Waals surface area contributed by atoms with Gasteiger partial charge in [0.25, 0.3) is 0 Å². The molecule has 0 aliphatic heterocycles. The lowest BCUT2D eigenvalue weighted by Crippen LogP contribution is -2.18. The van der Waals surface area contributed by atoms with Gasteiger partial charge in [0.05, 0.1) is 4.90 Å². The molecule has 0 radical (unpaired) electrons. The molecular weight excluding hydrogens is 366 g/mol. The molecule has 0 atom stereocenters. The van der Waals surface area contributed by atoms with Crippen LogP contribution in [0.4, 0.5) is 14.5 Å². The van der Waals surface area contributed by atoms with E-state index in [0.29, 0.717) is 12.1 Å². The van der Waals surface area contributed by atoms with Gasteiger partial charge in [0.1, 0.15) is 5.75 Å². The molecule has 0 unspecified atom stereocenters. The van der Waals surface area contributed by atoms with Crippen molar-refractivity contribution in [3.05, 3.63) is 54.1 Å². The average Bonchev–Trinajstić information content (AvgIpc) is 2.61. The van der Waals surface area contributed by atoms with Gasteiger partial charge in [0.15, 0.2) is 0 Å². The Bertz CT molecular complexity index is 838. The second-order valence-corrected chi connectivity index (χ2v) is 7.19. The summed E-state index contributed by atoms with van der Waals surface area (Å²) >= 11 is 0. The molecule has 2 N–H and O–H groups in total. The van der Waals surface area contributed by atoms with Crippen molar-refractivity contribution < 1.29 is 26.7 Å². The van der Waals surface area contributed by atoms with Gasteiger partial charge in [-0.05, 0) is 55.4 Å². The van der Waals surface area contributed by atoms with E-state index in [0.717, 1.165) is 5.56 Å². The van der Waals surface area contributed by atoms with E-state index in [-0.39, 0.29) is 23.0 Å². The molecule has 0 saturated carbocycles. The molecule has 9 heteroatoms. The first-order valence-electron chi connectivity index (χ1n) is 7.67. The van der Waals surface area contributed by atoms with Crippen LogP contribution in [0.3, 0.4) is 0 Å². The van der Waals surface area contributed by atoms with Crippen LogP contribution in [0.25, 0.3) is 0 Å². The highest BCUT2D eigenvalue weighted by atomic mass is 32.2. The van der Waals surface area contributed by atoms with Crippen molar-refractivity contribution in [1.29, 1.82) is 0 Å². The average molecular weight is 384 g/mol. The molecule has 0 saturated heterocycles. The van der Waals surface area contributed by atoms with E-state index in [1.54, 1.807) is 12.1 Å². The molecule has 0 aromatic heterocycles. The molecule has 26 heavy (non-hydrogen) atoms. The molecule has 0 fully saturated rings. The van der Waals surface area contributed by atoms with Crippen LogP contribution in [0.15, 0.2) is 53.4 Å². The van der Waals surface area contributed by atoms with Crippen LogP contribution in [0.2, 0.25) is 0 Å². The summed E-state index contributed by atoms with van der Waals surface area (Å²) < 4.78 is 53.9. The number of alkyl halides is 2. The first-order valence-corrected chi connectivity index (χ1v) is 9.15. The molecule has 0 heterocycles. The predicted octanol–water partition coefficient (Wildman–Crippen LogP) is 2.77. The van der Waals surface area contributed by atoms with E-state index in [1.165, 1.54) is 43.4 Å². The van der Waals surface area contributed by atoms with Crippen LogP contribution in [-0.2, 0) is 21.2 Å². The topological polar surface area (TPSA) is 84.5 Å². The van der Waals surface area contributed by atoms with E-state index < -0.39 is 16.6 Å². The summed E-state index contributed by atoms with van der Waals surface area (Å²) in [5, 5.41) is 2.65. The second kappa shape index (κ2) is 8.72. The molecule has 2 aromatic carbocycles. The van der Waals surface area contributed by atoms with Gasteiger partial charge in [-0.1, -0.05) is 12.1 Å². The summed E-state index contributed by atoms with van der Waals surface area (Å²) in [4.78, 5) is 12.1. The third kappa shape index (κ3) is 5.78. The van der Waals surface area contributed by atoms with Crippen molar-refractivity contribution in [2.24, 2.45) is 0 Å². The highest BCUT2D eigenvalue weighted by molar-refractivity contribution is 7.89. The SMILES string of the molecule is CNS(=O)(=O)c1ccc(CCC(=O)Nc2ccc(OC(F)F)cc2)cc1. The predicted molar refractivity (Wildman–Crippen MR) is 92.7 cm³/mol. The molecule has 2 aromatic rings. The Hall–Kier alpha value is -2.52. The minimum absolute atomic E-state index is 0.00890. The van der Waals surface area contributed by atoms with Gasteiger partial charge < -0.3 is 10.1 Å². The van der Waals surface area contributed by atoms with Gasteiger partial charge >= 0.3 is 6.61 Å². The van der Waals surface area contributed by atoms with Crippen molar-refractivity contribution in [3.8, 4) is 5.75 Å². The highest BCUT2D eigenvalue weighted by Crippen LogP contribution is 2.18. The summed E-state index contributed by atoms with van der Waals surface area (Å²) in [5.41, 5.74) is 1.28. The zero-order chi connectivity index (χ0) is 19.2. The first-order chi connectivity index (χ1) is 12.3. The van der Waals surface area contributed by atoms with Crippen molar-refractivity contribution in [3.63, 3.8) is 0 Å². The second-order valence-electron chi connectivity index (χ2n) is 5.30. The summed E-state index contributed by atoms with van der Waals surface area (Å²) in [6.07, 6.45) is 0.617. The lowest BCUT2D eigenvalue weighted by atomic mass is 10.1. The normalized spacial score (nSPS) is 11.4. The molecule has 6 nitrogen and oxygen atoms in total. The Morgan fingerprint density at radius 1 is 1.08 bits per heavy atom. The zero-order valence-electron chi connectivity index (χ0n) is 13.9. The molecule has 0 spiro atoms. The first kappa shape index (κ1) is 19.8. The maximum Gasteiger partial charge on any atom is 0.387 e. The van der Waals surface area contributed by atoms with Crippen LogP contribution in [0.5, 0.6) is 5.75 Å². The number of carbonyl (C=O) groups excluding carboxylic acids is 1. The standard InChI is InChI=1S/C17H18F2N2O4S/c1-20-26(23,24)15-9-2-12(3-10-15)4-11-16(22)21-13-5-7-14(8-6-13)25-17(18)19/h2-3,5-10,17,20H,4,11H2,1H3,(H,21,22). The molecule has 2 rings (SSSR count). The number of ether oxygens (including phenoxy) is 1. The smallest absolute Gasteiger partial charge is 0.387 e. The number of sulfonamides is 1. The van der Waals surface area contributed by atoms with Gasteiger partial charge in [-0.3, -0.25) is 4.79 Å². The highest BCUT2D eigenvalue weighted by Gasteiger charge is 2.11. The number of aryl methyl sites for hydroxylation is 1. The third-order valence-corrected chi connectivity index (χ3v) is 4.94.